The normalized spacial score (nSPS) is 13.9. The summed E-state index contributed by atoms with van der Waals surface area (Å²) in [5.41, 5.74) is 0.784. The number of benzene rings is 1. The van der Waals surface area contributed by atoms with Crippen molar-refractivity contribution < 1.29 is 14.9 Å². The Kier molecular flexibility index (Phi) is 5.61. The second-order valence-corrected chi connectivity index (χ2v) is 6.00. The SMILES string of the molecule is COc1cccc(CNC(C)CC(O)c2cccs2)c1O. The molecule has 0 bridgehead atoms. The number of hydrogen-bond donors (Lipinski definition) is 3. The maximum atomic E-state index is 10.1. The van der Waals surface area contributed by atoms with E-state index in [9.17, 15) is 10.2 Å². The summed E-state index contributed by atoms with van der Waals surface area (Å²) >= 11 is 1.56. The van der Waals surface area contributed by atoms with E-state index in [0.29, 0.717) is 18.7 Å². The number of methoxy groups -OCH3 is 1. The molecule has 0 aliphatic rings. The number of rotatable bonds is 7. The van der Waals surface area contributed by atoms with Gasteiger partial charge in [-0.25, -0.2) is 0 Å². The van der Waals surface area contributed by atoms with E-state index in [0.717, 1.165) is 10.4 Å². The molecule has 0 aliphatic carbocycles. The lowest BCUT2D eigenvalue weighted by molar-refractivity contribution is 0.157. The van der Waals surface area contributed by atoms with Gasteiger partial charge in [-0.2, -0.15) is 0 Å². The van der Waals surface area contributed by atoms with Gasteiger partial charge in [0, 0.05) is 23.0 Å². The Balaban J connectivity index is 1.88. The molecule has 3 N–H and O–H groups in total. The van der Waals surface area contributed by atoms with Crippen molar-refractivity contribution in [2.45, 2.75) is 32.0 Å². The molecule has 5 heteroatoms. The fourth-order valence-corrected chi connectivity index (χ4v) is 2.90. The third kappa shape index (κ3) is 4.20. The first kappa shape index (κ1) is 15.8. The highest BCUT2D eigenvalue weighted by Gasteiger charge is 2.14. The zero-order valence-corrected chi connectivity index (χ0v) is 13.1. The number of phenolic OH excluding ortho intramolecular Hbond substituents is 1. The van der Waals surface area contributed by atoms with Crippen LogP contribution in [0.5, 0.6) is 11.5 Å². The Bertz CT molecular complexity index is 557. The summed E-state index contributed by atoms with van der Waals surface area (Å²) in [6, 6.07) is 9.44. The van der Waals surface area contributed by atoms with Crippen molar-refractivity contribution in [1.29, 1.82) is 0 Å². The summed E-state index contributed by atoms with van der Waals surface area (Å²) in [6.45, 7) is 2.55. The first-order chi connectivity index (χ1) is 10.1. The average molecular weight is 307 g/mol. The Labute approximate surface area is 129 Å². The van der Waals surface area contributed by atoms with Crippen molar-refractivity contribution in [1.82, 2.24) is 5.32 Å². The van der Waals surface area contributed by atoms with Crippen LogP contribution < -0.4 is 10.1 Å². The molecule has 0 saturated heterocycles. The van der Waals surface area contributed by atoms with Crippen LogP contribution in [0, 0.1) is 0 Å². The smallest absolute Gasteiger partial charge is 0.162 e. The van der Waals surface area contributed by atoms with Crippen LogP contribution in [-0.4, -0.2) is 23.4 Å². The minimum atomic E-state index is -0.452. The van der Waals surface area contributed by atoms with E-state index in [1.165, 1.54) is 7.11 Å². The fourth-order valence-electron chi connectivity index (χ4n) is 2.17. The summed E-state index contributed by atoms with van der Waals surface area (Å²) in [6.07, 6.45) is 0.178. The number of ether oxygens (including phenoxy) is 1. The molecule has 2 aromatic rings. The Morgan fingerprint density at radius 2 is 2.10 bits per heavy atom. The molecule has 0 fully saturated rings. The molecule has 21 heavy (non-hydrogen) atoms. The lowest BCUT2D eigenvalue weighted by atomic mass is 10.1. The molecule has 1 aromatic heterocycles. The number of hydrogen-bond acceptors (Lipinski definition) is 5. The zero-order chi connectivity index (χ0) is 15.2. The quantitative estimate of drug-likeness (QED) is 0.736. The van der Waals surface area contributed by atoms with Gasteiger partial charge in [0.05, 0.1) is 13.2 Å². The molecule has 0 radical (unpaired) electrons. The van der Waals surface area contributed by atoms with Gasteiger partial charge in [-0.3, -0.25) is 0 Å². The molecular formula is C16H21NO3S. The van der Waals surface area contributed by atoms with E-state index >= 15 is 0 Å². The highest BCUT2D eigenvalue weighted by molar-refractivity contribution is 7.10. The number of thiophene rings is 1. The van der Waals surface area contributed by atoms with E-state index in [1.807, 2.05) is 36.6 Å². The van der Waals surface area contributed by atoms with E-state index < -0.39 is 6.10 Å². The average Bonchev–Trinajstić information content (AvgIpc) is 3.00. The molecule has 114 valence electrons. The van der Waals surface area contributed by atoms with Gasteiger partial charge in [0.1, 0.15) is 0 Å². The van der Waals surface area contributed by atoms with Crippen molar-refractivity contribution in [3.8, 4) is 11.5 Å². The van der Waals surface area contributed by atoms with Gasteiger partial charge in [0.25, 0.3) is 0 Å². The molecule has 2 unspecified atom stereocenters. The molecular weight excluding hydrogens is 286 g/mol. The molecule has 1 aromatic carbocycles. The second kappa shape index (κ2) is 7.45. The Morgan fingerprint density at radius 3 is 2.76 bits per heavy atom. The van der Waals surface area contributed by atoms with Crippen molar-refractivity contribution in [3.05, 3.63) is 46.2 Å². The van der Waals surface area contributed by atoms with Gasteiger partial charge in [-0.1, -0.05) is 18.2 Å². The Hall–Kier alpha value is -1.56. The number of nitrogens with one attached hydrogen (secondary N) is 1. The van der Waals surface area contributed by atoms with Crippen LogP contribution in [0.25, 0.3) is 0 Å². The largest absolute Gasteiger partial charge is 0.504 e. The van der Waals surface area contributed by atoms with Crippen LogP contribution in [0.15, 0.2) is 35.7 Å². The summed E-state index contributed by atoms with van der Waals surface area (Å²) in [5.74, 6) is 0.638. The van der Waals surface area contributed by atoms with Gasteiger partial charge in [-0.05, 0) is 30.9 Å². The number of aliphatic hydroxyl groups excluding tert-OH is 1. The monoisotopic (exact) mass is 307 g/mol. The molecule has 0 aliphatic heterocycles. The van der Waals surface area contributed by atoms with Crippen LogP contribution in [0.1, 0.15) is 29.9 Å². The van der Waals surface area contributed by atoms with E-state index in [4.69, 9.17) is 4.74 Å². The highest BCUT2D eigenvalue weighted by atomic mass is 32.1. The summed E-state index contributed by atoms with van der Waals surface area (Å²) in [4.78, 5) is 0.980. The first-order valence-corrected chi connectivity index (χ1v) is 7.79. The third-order valence-corrected chi connectivity index (χ3v) is 4.37. The lowest BCUT2D eigenvalue weighted by Crippen LogP contribution is -2.27. The predicted octanol–water partition coefficient (Wildman–Crippen LogP) is 3.06. The zero-order valence-electron chi connectivity index (χ0n) is 12.2. The molecule has 2 rings (SSSR count). The third-order valence-electron chi connectivity index (χ3n) is 3.39. The maximum Gasteiger partial charge on any atom is 0.162 e. The minimum absolute atomic E-state index is 0.132. The fraction of sp³-hybridized carbons (Fsp3) is 0.375. The van der Waals surface area contributed by atoms with Gasteiger partial charge >= 0.3 is 0 Å². The Morgan fingerprint density at radius 1 is 1.29 bits per heavy atom. The lowest BCUT2D eigenvalue weighted by Gasteiger charge is -2.18. The van der Waals surface area contributed by atoms with Crippen molar-refractivity contribution in [3.63, 3.8) is 0 Å². The standard InChI is InChI=1S/C16H21NO3S/c1-11(9-13(18)15-7-4-8-21-15)17-10-12-5-3-6-14(20-2)16(12)19/h3-8,11,13,17-19H,9-10H2,1-2H3. The summed E-state index contributed by atoms with van der Waals surface area (Å²) in [7, 11) is 1.53. The van der Waals surface area contributed by atoms with Gasteiger partial charge in [0.15, 0.2) is 11.5 Å². The molecule has 1 heterocycles. The highest BCUT2D eigenvalue weighted by Crippen LogP contribution is 2.29. The van der Waals surface area contributed by atoms with Gasteiger partial charge < -0.3 is 20.3 Å². The number of para-hydroxylation sites is 1. The van der Waals surface area contributed by atoms with Crippen LogP contribution in [-0.2, 0) is 6.54 Å². The van der Waals surface area contributed by atoms with Crippen LogP contribution in [0.2, 0.25) is 0 Å². The second-order valence-electron chi connectivity index (χ2n) is 5.02. The molecule has 2 atom stereocenters. The number of aromatic hydroxyl groups is 1. The molecule has 0 saturated carbocycles. The van der Waals surface area contributed by atoms with Gasteiger partial charge in [0.2, 0.25) is 0 Å². The van der Waals surface area contributed by atoms with E-state index in [1.54, 1.807) is 17.4 Å². The van der Waals surface area contributed by atoms with Crippen LogP contribution >= 0.6 is 11.3 Å². The predicted molar refractivity (Wildman–Crippen MR) is 84.9 cm³/mol. The van der Waals surface area contributed by atoms with Crippen molar-refractivity contribution in [2.24, 2.45) is 0 Å². The topological polar surface area (TPSA) is 61.7 Å². The van der Waals surface area contributed by atoms with Crippen molar-refractivity contribution >= 4 is 11.3 Å². The number of aliphatic hydroxyl groups is 1. The summed E-state index contributed by atoms with van der Waals surface area (Å²) in [5, 5.41) is 25.4. The van der Waals surface area contributed by atoms with E-state index in [-0.39, 0.29) is 11.8 Å². The first-order valence-electron chi connectivity index (χ1n) is 6.91. The minimum Gasteiger partial charge on any atom is -0.504 e. The molecule has 0 amide bonds. The van der Waals surface area contributed by atoms with Crippen LogP contribution in [0.4, 0.5) is 0 Å². The van der Waals surface area contributed by atoms with Gasteiger partial charge in [-0.15, -0.1) is 11.3 Å². The number of phenols is 1. The molecule has 0 spiro atoms. The summed E-state index contributed by atoms with van der Waals surface area (Å²) < 4.78 is 5.09. The van der Waals surface area contributed by atoms with Crippen molar-refractivity contribution in [2.75, 3.05) is 7.11 Å². The van der Waals surface area contributed by atoms with Crippen LogP contribution in [0.3, 0.4) is 0 Å². The molecule has 4 nitrogen and oxygen atoms in total. The maximum absolute atomic E-state index is 10.1. The van der Waals surface area contributed by atoms with E-state index in [2.05, 4.69) is 5.32 Å².